The summed E-state index contributed by atoms with van der Waals surface area (Å²) in [6.45, 7) is 8.74. The summed E-state index contributed by atoms with van der Waals surface area (Å²) in [4.78, 5) is 24.7. The zero-order valence-corrected chi connectivity index (χ0v) is 13.2. The molecule has 0 saturated carbocycles. The Kier molecular flexibility index (Phi) is 12.2. The predicted octanol–water partition coefficient (Wildman–Crippen LogP) is 2.39. The molecule has 0 rings (SSSR count). The first kappa shape index (κ1) is 18.9. The van der Waals surface area contributed by atoms with E-state index in [1.54, 1.807) is 0 Å². The number of nitrogens with zero attached hydrogens (tertiary/aromatic N) is 1. The van der Waals surface area contributed by atoms with Crippen LogP contribution in [0.3, 0.4) is 0 Å². The number of hydrogen-bond acceptors (Lipinski definition) is 5. The van der Waals surface area contributed by atoms with Crippen LogP contribution in [0.1, 0.15) is 52.9 Å². The first-order valence-electron chi connectivity index (χ1n) is 7.67. The molecule has 0 bridgehead atoms. The molecule has 0 aromatic carbocycles. The number of unbranched alkanes of at least 4 members (excludes halogenated alkanes) is 2. The van der Waals surface area contributed by atoms with E-state index in [9.17, 15) is 9.59 Å². The van der Waals surface area contributed by atoms with E-state index in [1.807, 2.05) is 13.8 Å². The molecule has 0 fully saturated rings. The van der Waals surface area contributed by atoms with Gasteiger partial charge in [0.25, 0.3) is 0 Å². The lowest BCUT2D eigenvalue weighted by Gasteiger charge is -2.20. The minimum absolute atomic E-state index is 0.121. The fourth-order valence-corrected chi connectivity index (χ4v) is 1.99. The highest BCUT2D eigenvalue weighted by Gasteiger charge is 2.10. The highest BCUT2D eigenvalue weighted by Crippen LogP contribution is 2.04. The molecule has 0 N–H and O–H groups in total. The third-order valence-corrected chi connectivity index (χ3v) is 2.86. The van der Waals surface area contributed by atoms with Gasteiger partial charge >= 0.3 is 11.9 Å². The Morgan fingerprint density at radius 2 is 1.50 bits per heavy atom. The van der Waals surface area contributed by atoms with Crippen molar-refractivity contribution in [1.82, 2.24) is 4.90 Å². The fraction of sp³-hybridized carbons (Fsp3) is 0.867. The number of carbonyl (C=O) groups is 2. The first-order chi connectivity index (χ1) is 9.63. The minimum atomic E-state index is -0.160. The van der Waals surface area contributed by atoms with E-state index >= 15 is 0 Å². The highest BCUT2D eigenvalue weighted by atomic mass is 16.5. The van der Waals surface area contributed by atoms with Crippen molar-refractivity contribution >= 4 is 11.9 Å². The van der Waals surface area contributed by atoms with Crippen molar-refractivity contribution in [3.8, 4) is 0 Å². The lowest BCUT2D eigenvalue weighted by molar-refractivity contribution is -0.144. The van der Waals surface area contributed by atoms with Gasteiger partial charge in [0, 0.05) is 6.42 Å². The maximum Gasteiger partial charge on any atom is 0.320 e. The lowest BCUT2D eigenvalue weighted by atomic mass is 10.2. The molecule has 0 saturated heterocycles. The lowest BCUT2D eigenvalue weighted by Crippen LogP contribution is -2.32. The zero-order chi connectivity index (χ0) is 15.2. The molecule has 0 aliphatic carbocycles. The third kappa shape index (κ3) is 10.8. The molecule has 0 unspecified atom stereocenters. The first-order valence-corrected chi connectivity index (χ1v) is 7.67. The second-order valence-electron chi connectivity index (χ2n) is 4.70. The minimum Gasteiger partial charge on any atom is -0.466 e. The molecule has 0 aromatic rings. The van der Waals surface area contributed by atoms with E-state index in [0.717, 1.165) is 38.8 Å². The van der Waals surface area contributed by atoms with E-state index in [4.69, 9.17) is 9.47 Å². The second kappa shape index (κ2) is 12.9. The molecule has 0 aliphatic heterocycles. The summed E-state index contributed by atoms with van der Waals surface area (Å²) in [7, 11) is 0. The van der Waals surface area contributed by atoms with Crippen molar-refractivity contribution in [3.05, 3.63) is 0 Å². The van der Waals surface area contributed by atoms with Gasteiger partial charge in [-0.1, -0.05) is 13.3 Å². The Hall–Kier alpha value is -1.10. The Balaban J connectivity index is 3.74. The molecule has 0 amide bonds. The van der Waals surface area contributed by atoms with Crippen LogP contribution in [0.25, 0.3) is 0 Å². The van der Waals surface area contributed by atoms with Gasteiger partial charge in [0.1, 0.15) is 0 Å². The molecule has 20 heavy (non-hydrogen) atoms. The highest BCUT2D eigenvalue weighted by molar-refractivity contribution is 5.71. The maximum absolute atomic E-state index is 11.5. The van der Waals surface area contributed by atoms with Crippen LogP contribution in [0.5, 0.6) is 0 Å². The average Bonchev–Trinajstić information content (AvgIpc) is 2.39. The van der Waals surface area contributed by atoms with Crippen LogP contribution in [0.4, 0.5) is 0 Å². The van der Waals surface area contributed by atoms with Crippen molar-refractivity contribution < 1.29 is 19.1 Å². The van der Waals surface area contributed by atoms with Gasteiger partial charge < -0.3 is 9.47 Å². The molecule has 0 spiro atoms. The van der Waals surface area contributed by atoms with Gasteiger partial charge in [0.05, 0.1) is 19.8 Å². The third-order valence-electron chi connectivity index (χ3n) is 2.86. The number of rotatable bonds is 12. The molecule has 0 aromatic heterocycles. The fourth-order valence-electron chi connectivity index (χ4n) is 1.99. The van der Waals surface area contributed by atoms with Gasteiger partial charge in [0.2, 0.25) is 0 Å². The Bertz CT molecular complexity index is 269. The van der Waals surface area contributed by atoms with Gasteiger partial charge in [-0.3, -0.25) is 14.5 Å². The van der Waals surface area contributed by atoms with Gasteiger partial charge in [-0.2, -0.15) is 0 Å². The molecule has 0 radical (unpaired) electrons. The predicted molar refractivity (Wildman–Crippen MR) is 78.5 cm³/mol. The summed E-state index contributed by atoms with van der Waals surface area (Å²) in [5.41, 5.74) is 0. The Morgan fingerprint density at radius 1 is 0.850 bits per heavy atom. The molecule has 118 valence electrons. The largest absolute Gasteiger partial charge is 0.466 e. The SMILES string of the molecule is CCCN(CCCCCC(=O)OCC)CC(=O)OCC. The van der Waals surface area contributed by atoms with Gasteiger partial charge in [-0.05, 0) is 46.2 Å². The molecule has 5 heteroatoms. The summed E-state index contributed by atoms with van der Waals surface area (Å²) in [5.74, 6) is -0.281. The Labute approximate surface area is 122 Å². The van der Waals surface area contributed by atoms with Crippen LogP contribution in [0.15, 0.2) is 0 Å². The number of hydrogen-bond donors (Lipinski definition) is 0. The van der Waals surface area contributed by atoms with Crippen molar-refractivity contribution in [2.45, 2.75) is 52.9 Å². The summed E-state index contributed by atoms with van der Waals surface area (Å²) >= 11 is 0. The number of ether oxygens (including phenoxy) is 2. The molecule has 5 nitrogen and oxygen atoms in total. The summed E-state index contributed by atoms with van der Waals surface area (Å²) in [6, 6.07) is 0. The second-order valence-corrected chi connectivity index (χ2v) is 4.70. The molecular formula is C15H29NO4. The van der Waals surface area contributed by atoms with Crippen molar-refractivity contribution in [2.75, 3.05) is 32.8 Å². The van der Waals surface area contributed by atoms with E-state index < -0.39 is 0 Å². The van der Waals surface area contributed by atoms with Crippen LogP contribution in [0, 0.1) is 0 Å². The van der Waals surface area contributed by atoms with Gasteiger partial charge in [-0.25, -0.2) is 0 Å². The quantitative estimate of drug-likeness (QED) is 0.407. The van der Waals surface area contributed by atoms with E-state index in [1.165, 1.54) is 0 Å². The van der Waals surface area contributed by atoms with Crippen molar-refractivity contribution in [2.24, 2.45) is 0 Å². The molecule has 0 atom stereocenters. The molecule has 0 heterocycles. The average molecular weight is 287 g/mol. The standard InChI is InChI=1S/C15H29NO4/c1-4-11-16(13-15(18)20-6-3)12-9-7-8-10-14(17)19-5-2/h4-13H2,1-3H3. The van der Waals surface area contributed by atoms with Crippen molar-refractivity contribution in [1.29, 1.82) is 0 Å². The van der Waals surface area contributed by atoms with Crippen LogP contribution < -0.4 is 0 Å². The smallest absolute Gasteiger partial charge is 0.320 e. The number of esters is 2. The normalized spacial score (nSPS) is 10.6. The van der Waals surface area contributed by atoms with E-state index in [0.29, 0.717) is 26.2 Å². The number of carbonyl (C=O) groups excluding carboxylic acids is 2. The maximum atomic E-state index is 11.5. The van der Waals surface area contributed by atoms with E-state index in [-0.39, 0.29) is 11.9 Å². The monoisotopic (exact) mass is 287 g/mol. The van der Waals surface area contributed by atoms with Crippen LogP contribution in [0.2, 0.25) is 0 Å². The zero-order valence-electron chi connectivity index (χ0n) is 13.2. The van der Waals surface area contributed by atoms with Crippen LogP contribution in [-0.4, -0.2) is 49.7 Å². The van der Waals surface area contributed by atoms with Crippen LogP contribution >= 0.6 is 0 Å². The molecule has 0 aliphatic rings. The van der Waals surface area contributed by atoms with Crippen LogP contribution in [-0.2, 0) is 19.1 Å². The van der Waals surface area contributed by atoms with Crippen molar-refractivity contribution in [3.63, 3.8) is 0 Å². The summed E-state index contributed by atoms with van der Waals surface area (Å²) in [5, 5.41) is 0. The Morgan fingerprint density at radius 3 is 2.10 bits per heavy atom. The summed E-state index contributed by atoms with van der Waals surface area (Å²) in [6.07, 6.45) is 4.31. The molecular weight excluding hydrogens is 258 g/mol. The van der Waals surface area contributed by atoms with Gasteiger partial charge in [0.15, 0.2) is 0 Å². The summed E-state index contributed by atoms with van der Waals surface area (Å²) < 4.78 is 9.84. The van der Waals surface area contributed by atoms with Gasteiger partial charge in [-0.15, -0.1) is 0 Å². The van der Waals surface area contributed by atoms with E-state index in [2.05, 4.69) is 11.8 Å². The topological polar surface area (TPSA) is 55.8 Å².